The van der Waals surface area contributed by atoms with Gasteiger partial charge in [-0.05, 0) is 41.1 Å². The first kappa shape index (κ1) is 20.8. The average molecular weight is 481 g/mol. The molecule has 0 spiro atoms. The fourth-order valence-corrected chi connectivity index (χ4v) is 4.15. The van der Waals surface area contributed by atoms with E-state index in [9.17, 15) is 14.0 Å². The second-order valence-corrected chi connectivity index (χ2v) is 8.32. The molecule has 0 saturated heterocycles. The number of nitrogens with zero attached hydrogens (tertiary/aromatic N) is 4. The minimum absolute atomic E-state index is 0.130. The maximum Gasteiger partial charge on any atom is 0.322 e. The van der Waals surface area contributed by atoms with Crippen molar-refractivity contribution in [1.82, 2.24) is 19.7 Å². The molecule has 9 nitrogen and oxygen atoms in total. The quantitative estimate of drug-likeness (QED) is 0.684. The Morgan fingerprint density at radius 2 is 2.23 bits per heavy atom. The minimum atomic E-state index is -0.410. The number of benzene rings is 1. The minimum Gasteiger partial charge on any atom is -0.328 e. The van der Waals surface area contributed by atoms with Crippen LogP contribution in [0, 0.1) is 5.82 Å². The lowest BCUT2D eigenvalue weighted by Gasteiger charge is -2.33. The fraction of sp³-hybridized carbons (Fsp3) is 0.421. The Morgan fingerprint density at radius 1 is 1.47 bits per heavy atom. The number of nitrogens with one attached hydrogen (secondary N) is 1. The Hall–Kier alpha value is -2.50. The topological polar surface area (TPSA) is 106 Å². The number of hydroxylamine groups is 2. The summed E-state index contributed by atoms with van der Waals surface area (Å²) in [6.45, 7) is 2.76. The number of halogens is 2. The van der Waals surface area contributed by atoms with Gasteiger partial charge in [0.25, 0.3) is 5.91 Å². The molecule has 160 valence electrons. The number of rotatable bonds is 2. The van der Waals surface area contributed by atoms with Crippen LogP contribution >= 0.6 is 15.9 Å². The van der Waals surface area contributed by atoms with Gasteiger partial charge in [0, 0.05) is 37.3 Å². The van der Waals surface area contributed by atoms with Gasteiger partial charge < -0.3 is 16.0 Å². The number of carbonyl (C=O) groups excluding carboxylic acids is 2. The van der Waals surface area contributed by atoms with Gasteiger partial charge in [-0.25, -0.2) is 14.2 Å². The molecule has 1 aromatic carbocycles. The Morgan fingerprint density at radius 3 is 2.93 bits per heavy atom. The van der Waals surface area contributed by atoms with Crippen molar-refractivity contribution in [3.05, 3.63) is 45.4 Å². The predicted molar refractivity (Wildman–Crippen MR) is 110 cm³/mol. The lowest BCUT2D eigenvalue weighted by Crippen LogP contribution is -2.45. The maximum absolute atomic E-state index is 13.5. The molecular formula is C19H22BrFN6O3. The van der Waals surface area contributed by atoms with Crippen molar-refractivity contribution in [3.8, 4) is 0 Å². The highest BCUT2D eigenvalue weighted by Crippen LogP contribution is 2.29. The highest BCUT2D eigenvalue weighted by molar-refractivity contribution is 9.10. The van der Waals surface area contributed by atoms with Gasteiger partial charge in [-0.3, -0.25) is 14.3 Å². The molecule has 3 N–H and O–H groups in total. The summed E-state index contributed by atoms with van der Waals surface area (Å²) < 4.78 is 15.4. The summed E-state index contributed by atoms with van der Waals surface area (Å²) in [5.41, 5.74) is 8.13. The Kier molecular flexibility index (Phi) is 5.51. The second kappa shape index (κ2) is 7.97. The first-order valence-electron chi connectivity index (χ1n) is 9.54. The third-order valence-corrected chi connectivity index (χ3v) is 5.96. The smallest absolute Gasteiger partial charge is 0.322 e. The zero-order valence-corrected chi connectivity index (χ0v) is 18.1. The van der Waals surface area contributed by atoms with E-state index in [4.69, 9.17) is 10.6 Å². The van der Waals surface area contributed by atoms with Crippen LogP contribution in [0.1, 0.15) is 28.7 Å². The monoisotopic (exact) mass is 480 g/mol. The SMILES string of the molecule is C[C@@H]1Cc2nn3c(c2CN1C(=O)Nc1ccc(F)c(Br)c1)C(=O)N(C)O[C@H](CN)C3. The number of fused-ring (bicyclic) bond motifs is 3. The second-order valence-electron chi connectivity index (χ2n) is 7.46. The van der Waals surface area contributed by atoms with E-state index in [0.29, 0.717) is 29.9 Å². The molecule has 4 rings (SSSR count). The summed E-state index contributed by atoms with van der Waals surface area (Å²) in [6.07, 6.45) is 0.149. The lowest BCUT2D eigenvalue weighted by molar-refractivity contribution is -0.144. The molecule has 2 aliphatic heterocycles. The zero-order valence-electron chi connectivity index (χ0n) is 16.6. The van der Waals surface area contributed by atoms with Crippen LogP contribution < -0.4 is 11.1 Å². The van der Waals surface area contributed by atoms with Gasteiger partial charge in [0.1, 0.15) is 17.6 Å². The summed E-state index contributed by atoms with van der Waals surface area (Å²) in [5, 5.41) is 8.58. The average Bonchev–Trinajstić information content (AvgIpc) is 2.99. The number of urea groups is 1. The number of amides is 3. The van der Waals surface area contributed by atoms with Gasteiger partial charge in [0.05, 0.1) is 23.3 Å². The van der Waals surface area contributed by atoms with Crippen LogP contribution in [-0.2, 0) is 24.3 Å². The third kappa shape index (κ3) is 3.68. The van der Waals surface area contributed by atoms with Crippen LogP contribution in [0.15, 0.2) is 22.7 Å². The maximum atomic E-state index is 13.5. The predicted octanol–water partition coefficient (Wildman–Crippen LogP) is 2.11. The zero-order chi connectivity index (χ0) is 21.6. The van der Waals surface area contributed by atoms with Gasteiger partial charge >= 0.3 is 6.03 Å². The fourth-order valence-electron chi connectivity index (χ4n) is 3.77. The van der Waals surface area contributed by atoms with Crippen LogP contribution in [0.4, 0.5) is 14.9 Å². The summed E-state index contributed by atoms with van der Waals surface area (Å²) in [5.74, 6) is -0.732. The molecule has 30 heavy (non-hydrogen) atoms. The molecule has 2 aliphatic rings. The van der Waals surface area contributed by atoms with Crippen molar-refractivity contribution in [2.45, 2.75) is 38.6 Å². The van der Waals surface area contributed by atoms with Crippen molar-refractivity contribution >= 4 is 33.6 Å². The lowest BCUT2D eigenvalue weighted by atomic mass is 9.99. The molecule has 3 amide bonds. The summed E-state index contributed by atoms with van der Waals surface area (Å²) in [4.78, 5) is 33.0. The van der Waals surface area contributed by atoms with Gasteiger partial charge in [-0.2, -0.15) is 5.10 Å². The van der Waals surface area contributed by atoms with Crippen molar-refractivity contribution in [2.24, 2.45) is 5.73 Å². The standard InChI is InChI=1S/C19H22BrFN6O3/c1-10-5-16-13(17-18(28)25(2)30-12(7-22)8-27(17)24-16)9-26(10)19(29)23-11-3-4-15(21)14(20)6-11/h3-4,6,10,12H,5,7-9,22H2,1-2H3,(H,23,29)/t10-,12-/m1/s1. The van der Waals surface area contributed by atoms with E-state index in [2.05, 4.69) is 26.3 Å². The summed E-state index contributed by atoms with van der Waals surface area (Å²) in [6, 6.07) is 3.80. The third-order valence-electron chi connectivity index (χ3n) is 5.35. The van der Waals surface area contributed by atoms with Crippen LogP contribution in [0.25, 0.3) is 0 Å². The molecule has 1 aromatic heterocycles. The summed E-state index contributed by atoms with van der Waals surface area (Å²) in [7, 11) is 1.54. The molecule has 0 fully saturated rings. The van der Waals surface area contributed by atoms with Crippen LogP contribution in [-0.4, -0.2) is 57.4 Å². The van der Waals surface area contributed by atoms with E-state index in [-0.39, 0.29) is 41.6 Å². The molecule has 0 saturated carbocycles. The number of carbonyl (C=O) groups is 2. The van der Waals surface area contributed by atoms with E-state index in [1.165, 1.54) is 23.3 Å². The highest BCUT2D eigenvalue weighted by atomic mass is 79.9. The van der Waals surface area contributed by atoms with Crippen LogP contribution in [0.2, 0.25) is 0 Å². The number of hydrogen-bond donors (Lipinski definition) is 2. The van der Waals surface area contributed by atoms with E-state index < -0.39 is 5.82 Å². The largest absolute Gasteiger partial charge is 0.328 e. The van der Waals surface area contributed by atoms with Crippen LogP contribution in [0.3, 0.4) is 0 Å². The van der Waals surface area contributed by atoms with Gasteiger partial charge in [0.15, 0.2) is 0 Å². The number of aromatic nitrogens is 2. The molecule has 0 radical (unpaired) electrons. The van der Waals surface area contributed by atoms with Crippen molar-refractivity contribution in [2.75, 3.05) is 18.9 Å². The van der Waals surface area contributed by atoms with E-state index in [0.717, 1.165) is 5.69 Å². The molecule has 11 heteroatoms. The molecule has 2 atom stereocenters. The Labute approximate surface area is 181 Å². The molecule has 0 unspecified atom stereocenters. The van der Waals surface area contributed by atoms with E-state index in [1.54, 1.807) is 16.6 Å². The van der Waals surface area contributed by atoms with Crippen molar-refractivity contribution in [1.29, 1.82) is 0 Å². The first-order chi connectivity index (χ1) is 14.3. The van der Waals surface area contributed by atoms with Gasteiger partial charge in [-0.15, -0.1) is 0 Å². The number of nitrogens with two attached hydrogens (primary N) is 1. The summed E-state index contributed by atoms with van der Waals surface area (Å²) >= 11 is 3.12. The van der Waals surface area contributed by atoms with Gasteiger partial charge in [0.2, 0.25) is 0 Å². The molecule has 0 aliphatic carbocycles. The van der Waals surface area contributed by atoms with Crippen LogP contribution in [0.5, 0.6) is 0 Å². The molecular weight excluding hydrogens is 459 g/mol. The molecule has 3 heterocycles. The number of anilines is 1. The first-order valence-corrected chi connectivity index (χ1v) is 10.3. The number of hydrogen-bond acceptors (Lipinski definition) is 5. The Balaban J connectivity index is 1.61. The van der Waals surface area contributed by atoms with Crippen molar-refractivity contribution in [3.63, 3.8) is 0 Å². The van der Waals surface area contributed by atoms with Crippen molar-refractivity contribution < 1.29 is 18.8 Å². The normalized spacial score (nSPS) is 21.2. The van der Waals surface area contributed by atoms with E-state index in [1.807, 2.05) is 6.92 Å². The highest BCUT2D eigenvalue weighted by Gasteiger charge is 2.37. The molecule has 2 aromatic rings. The Bertz CT molecular complexity index is 1010. The molecule has 0 bridgehead atoms. The van der Waals surface area contributed by atoms with E-state index >= 15 is 0 Å². The van der Waals surface area contributed by atoms with Gasteiger partial charge in [-0.1, -0.05) is 0 Å².